The second-order valence-electron chi connectivity index (χ2n) is 8.20. The summed E-state index contributed by atoms with van der Waals surface area (Å²) in [4.78, 5) is 16.9. The number of aromatic nitrogens is 1. The van der Waals surface area contributed by atoms with Gasteiger partial charge in [0.25, 0.3) is 0 Å². The molecule has 7 heteroatoms. The number of aliphatic hydroxyl groups excluding tert-OH is 1. The van der Waals surface area contributed by atoms with Crippen LogP contribution in [0.2, 0.25) is 0 Å². The van der Waals surface area contributed by atoms with Crippen LogP contribution in [0.5, 0.6) is 0 Å². The van der Waals surface area contributed by atoms with Crippen LogP contribution in [0.25, 0.3) is 5.57 Å². The lowest BCUT2D eigenvalue weighted by Crippen LogP contribution is -2.21. The van der Waals surface area contributed by atoms with Crippen molar-refractivity contribution in [1.82, 2.24) is 4.98 Å². The first-order valence-electron chi connectivity index (χ1n) is 10.9. The fourth-order valence-electron chi connectivity index (χ4n) is 4.24. The molecule has 1 aliphatic rings. The first-order valence-corrected chi connectivity index (χ1v) is 11.9. The Morgan fingerprint density at radius 3 is 2.28 bits per heavy atom. The molecule has 0 radical (unpaired) electrons. The Morgan fingerprint density at radius 1 is 1.12 bits per heavy atom. The van der Waals surface area contributed by atoms with Crippen LogP contribution >= 0.6 is 11.8 Å². The van der Waals surface area contributed by atoms with Crippen molar-refractivity contribution in [2.24, 2.45) is 5.92 Å². The van der Waals surface area contributed by atoms with Gasteiger partial charge in [0, 0.05) is 19.0 Å². The number of hydrogen-bond donors (Lipinski definition) is 1. The fourth-order valence-corrected chi connectivity index (χ4v) is 5.20. The number of ketones is 1. The molecule has 1 aromatic heterocycles. The van der Waals surface area contributed by atoms with Crippen LogP contribution < -0.4 is 0 Å². The monoisotopic (exact) mass is 463 g/mol. The van der Waals surface area contributed by atoms with Crippen molar-refractivity contribution in [3.05, 3.63) is 64.0 Å². The third kappa shape index (κ3) is 5.55. The molecule has 0 aliphatic heterocycles. The Kier molecular flexibility index (Phi) is 7.70. The lowest BCUT2D eigenvalue weighted by molar-refractivity contribution is -0.137. The van der Waals surface area contributed by atoms with Crippen LogP contribution in [0.15, 0.2) is 41.2 Å². The van der Waals surface area contributed by atoms with Gasteiger partial charge in [-0.05, 0) is 66.7 Å². The molecule has 1 atom stereocenters. The normalized spacial score (nSPS) is 17.2. The first kappa shape index (κ1) is 24.4. The number of pyridine rings is 1. The van der Waals surface area contributed by atoms with Crippen molar-refractivity contribution >= 4 is 23.1 Å². The maximum atomic E-state index is 13.1. The molecule has 0 fully saturated rings. The molecule has 2 aromatic rings. The van der Waals surface area contributed by atoms with E-state index < -0.39 is 11.7 Å². The molecule has 1 heterocycles. The number of carbonyl (C=O) groups is 1. The topological polar surface area (TPSA) is 50.2 Å². The van der Waals surface area contributed by atoms with Gasteiger partial charge in [0.05, 0.1) is 16.2 Å². The molecule has 32 heavy (non-hydrogen) atoms. The van der Waals surface area contributed by atoms with Gasteiger partial charge in [0.1, 0.15) is 5.76 Å². The Bertz CT molecular complexity index is 988. The van der Waals surface area contributed by atoms with Crippen molar-refractivity contribution in [3.8, 4) is 0 Å². The average Bonchev–Trinajstić information content (AvgIpc) is 2.73. The minimum absolute atomic E-state index is 0.00815. The summed E-state index contributed by atoms with van der Waals surface area (Å²) in [6.45, 7) is 6.15. The molecule has 3 rings (SSSR count). The molecule has 3 nitrogen and oxygen atoms in total. The molecular formula is C25H28F3NO2S. The van der Waals surface area contributed by atoms with E-state index in [1.807, 2.05) is 6.92 Å². The SMILES string of the molecule is CCc1cc(C)cc(CC)c1C1=C(O)CC(CCSc2ccc(C(F)(F)F)cn2)CC1=O. The van der Waals surface area contributed by atoms with E-state index in [2.05, 4.69) is 31.0 Å². The maximum absolute atomic E-state index is 13.1. The standard InChI is InChI=1S/C25H28F3NO2S/c1-4-17-10-15(3)11-18(5-2)23(17)24-20(30)12-16(13-21(24)31)8-9-32-22-7-6-19(14-29-22)25(26,27)28/h6-7,10-11,14,16,30H,4-5,8-9,12-13H2,1-3H3. The van der Waals surface area contributed by atoms with Gasteiger partial charge in [0.2, 0.25) is 0 Å². The number of halogens is 3. The number of aliphatic hydroxyl groups is 1. The Morgan fingerprint density at radius 2 is 1.78 bits per heavy atom. The summed E-state index contributed by atoms with van der Waals surface area (Å²) in [6.07, 6.45) is -0.518. The zero-order valence-electron chi connectivity index (χ0n) is 18.6. The van der Waals surface area contributed by atoms with E-state index in [0.29, 0.717) is 35.6 Å². The molecule has 0 spiro atoms. The zero-order valence-corrected chi connectivity index (χ0v) is 19.4. The van der Waals surface area contributed by atoms with Crippen molar-refractivity contribution in [2.75, 3.05) is 5.75 Å². The molecule has 0 bridgehead atoms. The van der Waals surface area contributed by atoms with Crippen molar-refractivity contribution in [1.29, 1.82) is 0 Å². The number of rotatable bonds is 7. The predicted molar refractivity (Wildman–Crippen MR) is 122 cm³/mol. The molecule has 1 aliphatic carbocycles. The summed E-state index contributed by atoms with van der Waals surface area (Å²) in [7, 11) is 0. The second-order valence-corrected chi connectivity index (χ2v) is 9.32. The summed E-state index contributed by atoms with van der Waals surface area (Å²) in [5, 5.41) is 11.3. The van der Waals surface area contributed by atoms with Gasteiger partial charge in [-0.15, -0.1) is 11.8 Å². The minimum Gasteiger partial charge on any atom is -0.512 e. The minimum atomic E-state index is -4.40. The van der Waals surface area contributed by atoms with Crippen LogP contribution in [0.3, 0.4) is 0 Å². The molecule has 172 valence electrons. The van der Waals surface area contributed by atoms with Gasteiger partial charge in [-0.3, -0.25) is 4.79 Å². The number of Topliss-reactive ketones (excluding diaryl/α,β-unsaturated/α-hetero) is 1. The maximum Gasteiger partial charge on any atom is 0.417 e. The van der Waals surface area contributed by atoms with Crippen LogP contribution in [0, 0.1) is 12.8 Å². The Labute approximate surface area is 191 Å². The van der Waals surface area contributed by atoms with Crippen molar-refractivity contribution < 1.29 is 23.1 Å². The van der Waals surface area contributed by atoms with Crippen LogP contribution in [0.4, 0.5) is 13.2 Å². The number of allylic oxidation sites excluding steroid dienone is 2. The van der Waals surface area contributed by atoms with Gasteiger partial charge in [-0.2, -0.15) is 13.2 Å². The van der Waals surface area contributed by atoms with Gasteiger partial charge in [-0.1, -0.05) is 31.5 Å². The Hall–Kier alpha value is -2.28. The largest absolute Gasteiger partial charge is 0.512 e. The van der Waals surface area contributed by atoms with E-state index in [0.717, 1.165) is 47.4 Å². The van der Waals surface area contributed by atoms with Crippen molar-refractivity contribution in [2.45, 2.75) is 64.1 Å². The number of carbonyl (C=O) groups excluding carboxylic acids is 1. The van der Waals surface area contributed by atoms with E-state index in [1.165, 1.54) is 17.8 Å². The highest BCUT2D eigenvalue weighted by molar-refractivity contribution is 7.99. The van der Waals surface area contributed by atoms with Gasteiger partial charge in [0.15, 0.2) is 5.78 Å². The highest BCUT2D eigenvalue weighted by Gasteiger charge is 2.32. The third-order valence-electron chi connectivity index (χ3n) is 5.82. The summed E-state index contributed by atoms with van der Waals surface area (Å²) < 4.78 is 38.0. The number of nitrogens with zero attached hydrogens (tertiary/aromatic N) is 1. The fraction of sp³-hybridized carbons (Fsp3) is 0.440. The lowest BCUT2D eigenvalue weighted by Gasteiger charge is -2.26. The zero-order chi connectivity index (χ0) is 23.5. The van der Waals surface area contributed by atoms with E-state index in [9.17, 15) is 23.1 Å². The number of aryl methyl sites for hydroxylation is 3. The molecule has 1 N–H and O–H groups in total. The molecule has 0 saturated carbocycles. The van der Waals surface area contributed by atoms with Gasteiger partial charge >= 0.3 is 6.18 Å². The second kappa shape index (κ2) is 10.1. The summed E-state index contributed by atoms with van der Waals surface area (Å²) in [5.41, 5.74) is 3.91. The summed E-state index contributed by atoms with van der Waals surface area (Å²) >= 11 is 1.36. The third-order valence-corrected chi connectivity index (χ3v) is 6.80. The van der Waals surface area contributed by atoms with Crippen LogP contribution in [-0.2, 0) is 23.8 Å². The molecular weight excluding hydrogens is 435 g/mol. The average molecular weight is 464 g/mol. The summed E-state index contributed by atoms with van der Waals surface area (Å²) in [6, 6.07) is 6.56. The van der Waals surface area contributed by atoms with Crippen LogP contribution in [0.1, 0.15) is 60.9 Å². The number of benzene rings is 1. The highest BCUT2D eigenvalue weighted by Crippen LogP contribution is 2.38. The molecule has 1 unspecified atom stereocenters. The van der Waals surface area contributed by atoms with Crippen LogP contribution in [-0.4, -0.2) is 21.6 Å². The number of thioether (sulfide) groups is 1. The number of hydrogen-bond acceptors (Lipinski definition) is 4. The molecule has 0 saturated heterocycles. The quantitative estimate of drug-likeness (QED) is 0.451. The van der Waals surface area contributed by atoms with Gasteiger partial charge in [-0.25, -0.2) is 4.98 Å². The van der Waals surface area contributed by atoms with E-state index in [-0.39, 0.29) is 17.5 Å². The first-order chi connectivity index (χ1) is 15.1. The lowest BCUT2D eigenvalue weighted by atomic mass is 9.79. The smallest absolute Gasteiger partial charge is 0.417 e. The molecule has 0 amide bonds. The molecule has 1 aromatic carbocycles. The summed E-state index contributed by atoms with van der Waals surface area (Å²) in [5.74, 6) is 0.736. The van der Waals surface area contributed by atoms with E-state index in [1.54, 1.807) is 0 Å². The van der Waals surface area contributed by atoms with E-state index >= 15 is 0 Å². The highest BCUT2D eigenvalue weighted by atomic mass is 32.2. The predicted octanol–water partition coefficient (Wildman–Crippen LogP) is 6.96. The van der Waals surface area contributed by atoms with E-state index in [4.69, 9.17) is 0 Å². The Balaban J connectivity index is 1.69. The van der Waals surface area contributed by atoms with Crippen molar-refractivity contribution in [3.63, 3.8) is 0 Å². The van der Waals surface area contributed by atoms with Gasteiger partial charge < -0.3 is 5.11 Å². The number of alkyl halides is 3.